The molecule has 1 aromatic heterocycles. The summed E-state index contributed by atoms with van der Waals surface area (Å²) in [5.41, 5.74) is 2.93. The summed E-state index contributed by atoms with van der Waals surface area (Å²) in [5, 5.41) is 5.96. The van der Waals surface area contributed by atoms with E-state index < -0.39 is 0 Å². The Morgan fingerprint density at radius 3 is 2.32 bits per heavy atom. The second kappa shape index (κ2) is 10.4. The number of hydrogen-bond donors (Lipinski definition) is 2. The molecule has 28 heavy (non-hydrogen) atoms. The van der Waals surface area contributed by atoms with Crippen molar-refractivity contribution in [3.63, 3.8) is 0 Å². The van der Waals surface area contributed by atoms with Gasteiger partial charge in [-0.05, 0) is 56.5 Å². The zero-order chi connectivity index (χ0) is 20.5. The fraction of sp³-hybridized carbons (Fsp3) is 0.429. The highest BCUT2D eigenvalue weighted by atomic mass is 16.5. The van der Waals surface area contributed by atoms with Gasteiger partial charge in [-0.3, -0.25) is 4.79 Å². The lowest BCUT2D eigenvalue weighted by Gasteiger charge is -2.09. The Bertz CT molecular complexity index is 784. The van der Waals surface area contributed by atoms with Gasteiger partial charge in [-0.15, -0.1) is 0 Å². The number of nitrogens with one attached hydrogen (secondary N) is 2. The van der Waals surface area contributed by atoms with Crippen molar-refractivity contribution in [1.29, 1.82) is 0 Å². The molecule has 0 aliphatic carbocycles. The first-order chi connectivity index (χ1) is 13.3. The van der Waals surface area contributed by atoms with Gasteiger partial charge in [-0.1, -0.05) is 13.8 Å². The zero-order valence-electron chi connectivity index (χ0n) is 16.9. The maximum absolute atomic E-state index is 12.1. The monoisotopic (exact) mass is 384 g/mol. The predicted octanol–water partition coefficient (Wildman–Crippen LogP) is 3.74. The SMILES string of the molecule is Cc1cc(C)nc(NCCCC(=O)Nc2ccc(C(=O)OCC(C)C)cc2)n1. The molecule has 0 aliphatic heterocycles. The quantitative estimate of drug-likeness (QED) is 0.505. The minimum atomic E-state index is -0.355. The molecule has 0 saturated carbocycles. The number of ether oxygens (including phenoxy) is 1. The van der Waals surface area contributed by atoms with E-state index in [9.17, 15) is 9.59 Å². The number of hydrogen-bond acceptors (Lipinski definition) is 6. The Morgan fingerprint density at radius 2 is 1.71 bits per heavy atom. The van der Waals surface area contributed by atoms with Gasteiger partial charge in [0, 0.05) is 30.0 Å². The maximum atomic E-state index is 12.1. The number of amides is 1. The van der Waals surface area contributed by atoms with Crippen LogP contribution in [0.25, 0.3) is 0 Å². The molecule has 0 atom stereocenters. The highest BCUT2D eigenvalue weighted by Crippen LogP contribution is 2.12. The Labute approximate surface area is 165 Å². The lowest BCUT2D eigenvalue weighted by molar-refractivity contribution is -0.116. The summed E-state index contributed by atoms with van der Waals surface area (Å²) in [4.78, 5) is 32.6. The molecule has 2 aromatic rings. The third-order valence-corrected chi connectivity index (χ3v) is 3.80. The van der Waals surface area contributed by atoms with Gasteiger partial charge in [0.1, 0.15) is 0 Å². The average Bonchev–Trinajstić information content (AvgIpc) is 2.63. The van der Waals surface area contributed by atoms with Gasteiger partial charge in [0.25, 0.3) is 0 Å². The Morgan fingerprint density at radius 1 is 1.07 bits per heavy atom. The van der Waals surface area contributed by atoms with Gasteiger partial charge < -0.3 is 15.4 Å². The third-order valence-electron chi connectivity index (χ3n) is 3.80. The van der Waals surface area contributed by atoms with E-state index in [1.165, 1.54) is 0 Å². The molecule has 0 spiro atoms. The summed E-state index contributed by atoms with van der Waals surface area (Å²) in [6.07, 6.45) is 1.03. The van der Waals surface area contributed by atoms with Crippen LogP contribution in [-0.4, -0.2) is 35.0 Å². The molecule has 0 saturated heterocycles. The Balaban J connectivity index is 1.73. The molecule has 0 unspecified atom stereocenters. The molecule has 0 bridgehead atoms. The van der Waals surface area contributed by atoms with Crippen LogP contribution in [0.3, 0.4) is 0 Å². The standard InChI is InChI=1S/C21H28N4O3/c1-14(2)13-28-20(27)17-7-9-18(10-8-17)25-19(26)6-5-11-22-21-23-15(3)12-16(4)24-21/h7-10,12,14H,5-6,11,13H2,1-4H3,(H,25,26)(H,22,23,24). The van der Waals surface area contributed by atoms with Crippen LogP contribution in [0.5, 0.6) is 0 Å². The van der Waals surface area contributed by atoms with Crippen LogP contribution < -0.4 is 10.6 Å². The van der Waals surface area contributed by atoms with Gasteiger partial charge in [0.05, 0.1) is 12.2 Å². The molecule has 1 amide bonds. The second-order valence-electron chi connectivity index (χ2n) is 7.12. The zero-order valence-corrected chi connectivity index (χ0v) is 16.9. The molecule has 0 fully saturated rings. The fourth-order valence-electron chi connectivity index (χ4n) is 2.49. The number of benzene rings is 1. The molecule has 150 valence electrons. The van der Waals surface area contributed by atoms with Crippen LogP contribution in [0.15, 0.2) is 30.3 Å². The molecule has 7 nitrogen and oxygen atoms in total. The molecule has 0 radical (unpaired) electrons. The van der Waals surface area contributed by atoms with Crippen LogP contribution >= 0.6 is 0 Å². The highest BCUT2D eigenvalue weighted by molar-refractivity contribution is 5.93. The van der Waals surface area contributed by atoms with Crippen molar-refractivity contribution in [3.05, 3.63) is 47.3 Å². The van der Waals surface area contributed by atoms with Gasteiger partial charge in [0.15, 0.2) is 0 Å². The van der Waals surface area contributed by atoms with Gasteiger partial charge in [-0.2, -0.15) is 0 Å². The van der Waals surface area contributed by atoms with E-state index >= 15 is 0 Å². The number of carbonyl (C=O) groups excluding carboxylic acids is 2. The van der Waals surface area contributed by atoms with Crippen molar-refractivity contribution >= 4 is 23.5 Å². The van der Waals surface area contributed by atoms with E-state index in [-0.39, 0.29) is 11.9 Å². The maximum Gasteiger partial charge on any atom is 0.338 e. The van der Waals surface area contributed by atoms with Crippen LogP contribution in [-0.2, 0) is 9.53 Å². The summed E-state index contributed by atoms with van der Waals surface area (Å²) >= 11 is 0. The van der Waals surface area contributed by atoms with Crippen molar-refractivity contribution in [3.8, 4) is 0 Å². The van der Waals surface area contributed by atoms with Crippen LogP contribution in [0.1, 0.15) is 48.4 Å². The van der Waals surface area contributed by atoms with E-state index in [1.807, 2.05) is 33.8 Å². The summed E-state index contributed by atoms with van der Waals surface area (Å²) in [7, 11) is 0. The fourth-order valence-corrected chi connectivity index (χ4v) is 2.49. The largest absolute Gasteiger partial charge is 0.462 e. The van der Waals surface area contributed by atoms with E-state index in [0.717, 1.165) is 11.4 Å². The molecular formula is C21H28N4O3. The minimum Gasteiger partial charge on any atom is -0.462 e. The van der Waals surface area contributed by atoms with Crippen molar-refractivity contribution < 1.29 is 14.3 Å². The molecule has 7 heteroatoms. The van der Waals surface area contributed by atoms with Gasteiger partial charge >= 0.3 is 5.97 Å². The summed E-state index contributed by atoms with van der Waals surface area (Å²) in [6.45, 7) is 8.80. The first kappa shape index (κ1) is 21.3. The summed E-state index contributed by atoms with van der Waals surface area (Å²) in [6, 6.07) is 8.61. The lowest BCUT2D eigenvalue weighted by atomic mass is 10.2. The number of aromatic nitrogens is 2. The number of aryl methyl sites for hydroxylation is 2. The number of esters is 1. The molecule has 0 aliphatic rings. The van der Waals surface area contributed by atoms with Crippen molar-refractivity contribution in [2.75, 3.05) is 23.8 Å². The topological polar surface area (TPSA) is 93.2 Å². The molecule has 2 N–H and O–H groups in total. The van der Waals surface area contributed by atoms with Crippen LogP contribution in [0.2, 0.25) is 0 Å². The lowest BCUT2D eigenvalue weighted by Crippen LogP contribution is -2.14. The van der Waals surface area contributed by atoms with E-state index in [0.29, 0.717) is 49.1 Å². The number of nitrogens with zero attached hydrogens (tertiary/aromatic N) is 2. The first-order valence-corrected chi connectivity index (χ1v) is 9.46. The van der Waals surface area contributed by atoms with Crippen LogP contribution in [0.4, 0.5) is 11.6 Å². The van der Waals surface area contributed by atoms with Crippen molar-refractivity contribution in [2.24, 2.45) is 5.92 Å². The van der Waals surface area contributed by atoms with E-state index in [2.05, 4.69) is 20.6 Å². The number of anilines is 2. The van der Waals surface area contributed by atoms with Gasteiger partial charge in [0.2, 0.25) is 11.9 Å². The Kier molecular flexibility index (Phi) is 7.92. The van der Waals surface area contributed by atoms with Crippen molar-refractivity contribution in [2.45, 2.75) is 40.5 Å². The smallest absolute Gasteiger partial charge is 0.338 e. The van der Waals surface area contributed by atoms with Crippen LogP contribution in [0, 0.1) is 19.8 Å². The normalized spacial score (nSPS) is 10.6. The van der Waals surface area contributed by atoms with Crippen molar-refractivity contribution in [1.82, 2.24) is 9.97 Å². The summed E-state index contributed by atoms with van der Waals surface area (Å²) in [5.74, 6) is 0.431. The number of rotatable bonds is 9. The molecular weight excluding hydrogens is 356 g/mol. The second-order valence-corrected chi connectivity index (χ2v) is 7.12. The third kappa shape index (κ3) is 7.34. The molecule has 2 rings (SSSR count). The summed E-state index contributed by atoms with van der Waals surface area (Å²) < 4.78 is 5.18. The average molecular weight is 384 g/mol. The minimum absolute atomic E-state index is 0.0849. The van der Waals surface area contributed by atoms with E-state index in [1.54, 1.807) is 24.3 Å². The Hall–Kier alpha value is -2.96. The van der Waals surface area contributed by atoms with Gasteiger partial charge in [-0.25, -0.2) is 14.8 Å². The van der Waals surface area contributed by atoms with E-state index in [4.69, 9.17) is 4.74 Å². The highest BCUT2D eigenvalue weighted by Gasteiger charge is 2.09. The number of carbonyl (C=O) groups is 2. The predicted molar refractivity (Wildman–Crippen MR) is 109 cm³/mol. The first-order valence-electron chi connectivity index (χ1n) is 9.46. The molecule has 1 heterocycles. The molecule has 1 aromatic carbocycles.